The van der Waals surface area contributed by atoms with Crippen LogP contribution in [0.25, 0.3) is 0 Å². The second-order valence-electron chi connectivity index (χ2n) is 4.79. The second-order valence-corrected chi connectivity index (χ2v) is 6.17. The largest absolute Gasteiger partial charge is 1.00 e. The van der Waals surface area contributed by atoms with Gasteiger partial charge < -0.3 is 9.29 Å². The fourth-order valence-corrected chi connectivity index (χ4v) is 2.64. The van der Waals surface area contributed by atoms with E-state index in [1.807, 2.05) is 6.92 Å². The van der Waals surface area contributed by atoms with Gasteiger partial charge in [-0.15, -0.1) is 0 Å². The Hall–Kier alpha value is -0.400. The van der Waals surface area contributed by atoms with E-state index in [4.69, 9.17) is 4.74 Å². The maximum Gasteiger partial charge on any atom is 1.00 e. The van der Waals surface area contributed by atoms with Crippen molar-refractivity contribution in [2.24, 2.45) is 5.92 Å². The summed E-state index contributed by atoms with van der Waals surface area (Å²) in [4.78, 5) is 11.2. The molecule has 0 aliphatic carbocycles. The molecule has 0 N–H and O–H groups in total. The van der Waals surface area contributed by atoms with Crippen LogP contribution >= 0.6 is 0 Å². The molecule has 0 aliphatic rings. The van der Waals surface area contributed by atoms with Gasteiger partial charge in [-0.1, -0.05) is 26.0 Å². The molecule has 2 unspecified atom stereocenters. The average molecular weight is 322 g/mol. The minimum absolute atomic E-state index is 0. The standard InChI is InChI=1S/C14H20O5S.Na/c1-4-11(9-10(2)14(15)19-3)12-5-7-13(8-6-12)20(16,17)18;/h5-8,10-11H,4,9H2,1-3H3,(H,16,17,18);/q;+1/p-1. The average Bonchev–Trinajstić information content (AvgIpc) is 2.42. The quantitative estimate of drug-likeness (QED) is 0.392. The van der Waals surface area contributed by atoms with Crippen molar-refractivity contribution in [3.05, 3.63) is 29.8 Å². The Balaban J connectivity index is 0.00000400. The SMILES string of the molecule is CCC(CC(C)C(=O)OC)c1ccc(S(=O)(=O)[O-])cc1.[Na+]. The van der Waals surface area contributed by atoms with Crippen LogP contribution in [-0.4, -0.2) is 26.0 Å². The smallest absolute Gasteiger partial charge is 0.744 e. The first-order valence-electron chi connectivity index (χ1n) is 6.43. The summed E-state index contributed by atoms with van der Waals surface area (Å²) in [5, 5.41) is 0. The Morgan fingerprint density at radius 1 is 1.29 bits per heavy atom. The van der Waals surface area contributed by atoms with E-state index in [1.54, 1.807) is 19.1 Å². The minimum atomic E-state index is -4.42. The summed E-state index contributed by atoms with van der Waals surface area (Å²) in [7, 11) is -3.06. The minimum Gasteiger partial charge on any atom is -0.744 e. The molecule has 0 aliphatic heterocycles. The fourth-order valence-electron chi connectivity index (χ4n) is 2.17. The Morgan fingerprint density at radius 2 is 1.81 bits per heavy atom. The molecule has 21 heavy (non-hydrogen) atoms. The monoisotopic (exact) mass is 322 g/mol. The first-order chi connectivity index (χ1) is 9.29. The molecule has 0 saturated carbocycles. The molecule has 0 aromatic heterocycles. The molecule has 0 bridgehead atoms. The number of rotatable bonds is 6. The van der Waals surface area contributed by atoms with Crippen LogP contribution in [0.4, 0.5) is 0 Å². The van der Waals surface area contributed by atoms with Crippen LogP contribution in [-0.2, 0) is 19.6 Å². The van der Waals surface area contributed by atoms with E-state index in [2.05, 4.69) is 0 Å². The van der Waals surface area contributed by atoms with Gasteiger partial charge in [0.05, 0.1) is 17.9 Å². The van der Waals surface area contributed by atoms with Gasteiger partial charge in [0.2, 0.25) is 0 Å². The van der Waals surface area contributed by atoms with E-state index in [0.717, 1.165) is 12.0 Å². The van der Waals surface area contributed by atoms with Gasteiger partial charge >= 0.3 is 35.5 Å². The number of methoxy groups -OCH3 is 1. The Morgan fingerprint density at radius 3 is 2.19 bits per heavy atom. The van der Waals surface area contributed by atoms with E-state index in [9.17, 15) is 17.8 Å². The molecule has 2 atom stereocenters. The van der Waals surface area contributed by atoms with Crippen LogP contribution in [0, 0.1) is 5.92 Å². The molecule has 1 aromatic carbocycles. The molecule has 0 radical (unpaired) electrons. The zero-order chi connectivity index (χ0) is 15.3. The molecule has 112 valence electrons. The van der Waals surface area contributed by atoms with Gasteiger partial charge in [-0.05, 0) is 36.5 Å². The van der Waals surface area contributed by atoms with Crippen molar-refractivity contribution in [2.75, 3.05) is 7.11 Å². The van der Waals surface area contributed by atoms with Gasteiger partial charge in [0.25, 0.3) is 0 Å². The van der Waals surface area contributed by atoms with Crippen LogP contribution in [0.3, 0.4) is 0 Å². The van der Waals surface area contributed by atoms with Gasteiger partial charge in [-0.2, -0.15) is 0 Å². The third-order valence-electron chi connectivity index (χ3n) is 3.37. The summed E-state index contributed by atoms with van der Waals surface area (Å²) >= 11 is 0. The zero-order valence-electron chi connectivity index (χ0n) is 12.8. The second kappa shape index (κ2) is 8.90. The van der Waals surface area contributed by atoms with Gasteiger partial charge in [0, 0.05) is 0 Å². The Labute approximate surface area is 148 Å². The van der Waals surface area contributed by atoms with Crippen LogP contribution < -0.4 is 29.6 Å². The number of carbonyl (C=O) groups is 1. The molecule has 0 amide bonds. The van der Waals surface area contributed by atoms with Gasteiger partial charge in [-0.3, -0.25) is 4.79 Å². The van der Waals surface area contributed by atoms with Gasteiger partial charge in [0.15, 0.2) is 0 Å². The maximum atomic E-state index is 11.4. The molecule has 0 fully saturated rings. The van der Waals surface area contributed by atoms with E-state index in [0.29, 0.717) is 6.42 Å². The molecular weight excluding hydrogens is 303 g/mol. The summed E-state index contributed by atoms with van der Waals surface area (Å²) < 4.78 is 37.3. The maximum absolute atomic E-state index is 11.4. The predicted molar refractivity (Wildman–Crippen MR) is 73.2 cm³/mol. The summed E-state index contributed by atoms with van der Waals surface area (Å²) in [6.07, 6.45) is 1.43. The third-order valence-corrected chi connectivity index (χ3v) is 4.22. The van der Waals surface area contributed by atoms with E-state index >= 15 is 0 Å². The van der Waals surface area contributed by atoms with Crippen molar-refractivity contribution in [1.29, 1.82) is 0 Å². The van der Waals surface area contributed by atoms with Crippen molar-refractivity contribution < 1.29 is 52.1 Å². The predicted octanol–water partition coefficient (Wildman–Crippen LogP) is -0.712. The van der Waals surface area contributed by atoms with Crippen molar-refractivity contribution >= 4 is 16.1 Å². The van der Waals surface area contributed by atoms with Crippen molar-refractivity contribution in [3.63, 3.8) is 0 Å². The molecule has 0 spiro atoms. The molecule has 1 rings (SSSR count). The van der Waals surface area contributed by atoms with Crippen LogP contribution in [0.2, 0.25) is 0 Å². The van der Waals surface area contributed by atoms with Gasteiger partial charge in [0.1, 0.15) is 10.1 Å². The number of hydrogen-bond acceptors (Lipinski definition) is 5. The number of hydrogen-bond donors (Lipinski definition) is 0. The summed E-state index contributed by atoms with van der Waals surface area (Å²) in [5.74, 6) is -0.373. The van der Waals surface area contributed by atoms with Crippen LogP contribution in [0.5, 0.6) is 0 Å². The summed E-state index contributed by atoms with van der Waals surface area (Å²) in [5.41, 5.74) is 0.913. The molecule has 1 aromatic rings. The number of ether oxygens (including phenoxy) is 1. The summed E-state index contributed by atoms with van der Waals surface area (Å²) in [6, 6.07) is 5.87. The third kappa shape index (κ3) is 6.08. The fraction of sp³-hybridized carbons (Fsp3) is 0.500. The zero-order valence-corrected chi connectivity index (χ0v) is 15.6. The Bertz CT molecular complexity index is 553. The first-order valence-corrected chi connectivity index (χ1v) is 7.84. The topological polar surface area (TPSA) is 83.5 Å². The molecule has 0 saturated heterocycles. The van der Waals surface area contributed by atoms with Crippen LogP contribution in [0.15, 0.2) is 29.2 Å². The number of carbonyl (C=O) groups excluding carboxylic acids is 1. The van der Waals surface area contributed by atoms with E-state index < -0.39 is 10.1 Å². The van der Waals surface area contributed by atoms with Crippen LogP contribution in [0.1, 0.15) is 38.2 Å². The Kier molecular flexibility index (Phi) is 8.73. The molecule has 7 heteroatoms. The van der Waals surface area contributed by atoms with E-state index in [1.165, 1.54) is 19.2 Å². The van der Waals surface area contributed by atoms with Crippen molar-refractivity contribution in [1.82, 2.24) is 0 Å². The first kappa shape index (κ1) is 20.6. The van der Waals surface area contributed by atoms with E-state index in [-0.39, 0.29) is 52.3 Å². The van der Waals surface area contributed by atoms with Gasteiger partial charge in [-0.25, -0.2) is 8.42 Å². The normalized spacial score (nSPS) is 13.9. The number of esters is 1. The molecule has 5 nitrogen and oxygen atoms in total. The van der Waals surface area contributed by atoms with Crippen molar-refractivity contribution in [3.8, 4) is 0 Å². The summed E-state index contributed by atoms with van der Waals surface area (Å²) in [6.45, 7) is 3.79. The molecular formula is C14H19NaO5S. The molecule has 0 heterocycles. The van der Waals surface area contributed by atoms with Crippen molar-refractivity contribution in [2.45, 2.75) is 37.5 Å². The number of benzene rings is 1.